The second-order valence-electron chi connectivity index (χ2n) is 5.13. The van der Waals surface area contributed by atoms with Crippen molar-refractivity contribution in [3.8, 4) is 0 Å². The van der Waals surface area contributed by atoms with Crippen LogP contribution in [0.2, 0.25) is 5.02 Å². The maximum Gasteiger partial charge on any atom is 0.0642 e. The number of anilines is 1. The SMILES string of the molecule is CC1CN(C)CCN1c1ccc(CCN)cc1Cl. The van der Waals surface area contributed by atoms with Gasteiger partial charge < -0.3 is 15.5 Å². The summed E-state index contributed by atoms with van der Waals surface area (Å²) >= 11 is 6.40. The topological polar surface area (TPSA) is 32.5 Å². The molecule has 0 radical (unpaired) electrons. The molecule has 1 atom stereocenters. The Morgan fingerprint density at radius 3 is 2.78 bits per heavy atom. The number of halogens is 1. The van der Waals surface area contributed by atoms with Crippen molar-refractivity contribution in [2.24, 2.45) is 5.73 Å². The van der Waals surface area contributed by atoms with Crippen LogP contribution < -0.4 is 10.6 Å². The second-order valence-corrected chi connectivity index (χ2v) is 5.54. The van der Waals surface area contributed by atoms with Gasteiger partial charge in [0.05, 0.1) is 10.7 Å². The zero-order valence-corrected chi connectivity index (χ0v) is 12.0. The number of benzene rings is 1. The molecule has 1 aromatic carbocycles. The number of likely N-dealkylation sites (N-methyl/N-ethyl adjacent to an activating group) is 1. The summed E-state index contributed by atoms with van der Waals surface area (Å²) in [5.41, 5.74) is 7.94. The van der Waals surface area contributed by atoms with Gasteiger partial charge in [-0.1, -0.05) is 17.7 Å². The number of piperazine rings is 1. The fraction of sp³-hybridized carbons (Fsp3) is 0.571. The van der Waals surface area contributed by atoms with Crippen molar-refractivity contribution in [1.82, 2.24) is 4.90 Å². The molecule has 4 heteroatoms. The van der Waals surface area contributed by atoms with Crippen LogP contribution in [-0.4, -0.2) is 44.2 Å². The first-order chi connectivity index (χ1) is 8.61. The van der Waals surface area contributed by atoms with Gasteiger partial charge in [-0.15, -0.1) is 0 Å². The molecule has 1 aromatic rings. The van der Waals surface area contributed by atoms with Crippen molar-refractivity contribution in [2.75, 3.05) is 38.1 Å². The van der Waals surface area contributed by atoms with E-state index in [1.165, 1.54) is 5.56 Å². The second kappa shape index (κ2) is 5.91. The Morgan fingerprint density at radius 2 is 2.17 bits per heavy atom. The third kappa shape index (κ3) is 2.97. The lowest BCUT2D eigenvalue weighted by Gasteiger charge is -2.40. The van der Waals surface area contributed by atoms with E-state index in [2.05, 4.69) is 42.0 Å². The lowest BCUT2D eigenvalue weighted by atomic mass is 10.1. The van der Waals surface area contributed by atoms with Crippen LogP contribution in [0, 0.1) is 0 Å². The molecule has 0 spiro atoms. The first-order valence-corrected chi connectivity index (χ1v) is 6.93. The lowest BCUT2D eigenvalue weighted by molar-refractivity contribution is 0.275. The number of nitrogens with zero attached hydrogens (tertiary/aromatic N) is 2. The van der Waals surface area contributed by atoms with E-state index in [0.717, 1.165) is 36.8 Å². The number of nitrogens with two attached hydrogens (primary N) is 1. The largest absolute Gasteiger partial charge is 0.365 e. The molecular formula is C14H22ClN3. The Kier molecular flexibility index (Phi) is 4.49. The van der Waals surface area contributed by atoms with Crippen LogP contribution in [0.25, 0.3) is 0 Å². The summed E-state index contributed by atoms with van der Waals surface area (Å²) in [6.45, 7) is 6.13. The predicted octanol–water partition coefficient (Wildman–Crippen LogP) is 1.98. The predicted molar refractivity (Wildman–Crippen MR) is 78.5 cm³/mol. The van der Waals surface area contributed by atoms with E-state index in [0.29, 0.717) is 12.6 Å². The van der Waals surface area contributed by atoms with Gasteiger partial charge in [-0.3, -0.25) is 0 Å². The molecule has 18 heavy (non-hydrogen) atoms. The van der Waals surface area contributed by atoms with Crippen LogP contribution in [-0.2, 0) is 6.42 Å². The number of rotatable bonds is 3. The summed E-state index contributed by atoms with van der Waals surface area (Å²) in [7, 11) is 2.17. The molecular weight excluding hydrogens is 246 g/mol. The van der Waals surface area contributed by atoms with E-state index >= 15 is 0 Å². The van der Waals surface area contributed by atoms with Crippen LogP contribution in [0.3, 0.4) is 0 Å². The van der Waals surface area contributed by atoms with Crippen molar-refractivity contribution in [3.63, 3.8) is 0 Å². The van der Waals surface area contributed by atoms with E-state index in [1.807, 2.05) is 0 Å². The zero-order valence-electron chi connectivity index (χ0n) is 11.2. The molecule has 0 bridgehead atoms. The van der Waals surface area contributed by atoms with Gasteiger partial charge in [0.15, 0.2) is 0 Å². The third-order valence-corrected chi connectivity index (χ3v) is 3.89. The van der Waals surface area contributed by atoms with Gasteiger partial charge in [0.2, 0.25) is 0 Å². The van der Waals surface area contributed by atoms with E-state index in [-0.39, 0.29) is 0 Å². The van der Waals surface area contributed by atoms with Crippen molar-refractivity contribution in [3.05, 3.63) is 28.8 Å². The normalized spacial score (nSPS) is 21.3. The monoisotopic (exact) mass is 267 g/mol. The highest BCUT2D eigenvalue weighted by atomic mass is 35.5. The first-order valence-electron chi connectivity index (χ1n) is 6.55. The Labute approximate surface area is 115 Å². The van der Waals surface area contributed by atoms with Gasteiger partial charge in [0.25, 0.3) is 0 Å². The van der Waals surface area contributed by atoms with Crippen molar-refractivity contribution in [2.45, 2.75) is 19.4 Å². The van der Waals surface area contributed by atoms with Crippen molar-refractivity contribution < 1.29 is 0 Å². The highest BCUT2D eigenvalue weighted by Gasteiger charge is 2.23. The molecule has 1 saturated heterocycles. The summed E-state index contributed by atoms with van der Waals surface area (Å²) in [6.07, 6.45) is 0.887. The molecule has 0 amide bonds. The fourth-order valence-corrected chi connectivity index (χ4v) is 2.91. The summed E-state index contributed by atoms with van der Waals surface area (Å²) < 4.78 is 0. The van der Waals surface area contributed by atoms with Gasteiger partial charge in [-0.2, -0.15) is 0 Å². The Hall–Kier alpha value is -0.770. The summed E-state index contributed by atoms with van der Waals surface area (Å²) in [6, 6.07) is 6.82. The minimum absolute atomic E-state index is 0.501. The summed E-state index contributed by atoms with van der Waals surface area (Å²) in [4.78, 5) is 4.76. The molecule has 1 aliphatic rings. The minimum Gasteiger partial charge on any atom is -0.365 e. The van der Waals surface area contributed by atoms with Crippen LogP contribution in [0.1, 0.15) is 12.5 Å². The molecule has 0 aromatic heterocycles. The Morgan fingerprint density at radius 1 is 1.39 bits per heavy atom. The van der Waals surface area contributed by atoms with Gasteiger partial charge in [-0.05, 0) is 44.6 Å². The average molecular weight is 268 g/mol. The zero-order chi connectivity index (χ0) is 13.1. The number of hydrogen-bond acceptors (Lipinski definition) is 3. The van der Waals surface area contributed by atoms with Gasteiger partial charge >= 0.3 is 0 Å². The lowest BCUT2D eigenvalue weighted by Crippen LogP contribution is -2.50. The maximum absolute atomic E-state index is 6.40. The molecule has 2 N–H and O–H groups in total. The van der Waals surface area contributed by atoms with Crippen LogP contribution in [0.5, 0.6) is 0 Å². The van der Waals surface area contributed by atoms with Gasteiger partial charge in [-0.25, -0.2) is 0 Å². The van der Waals surface area contributed by atoms with Crippen molar-refractivity contribution in [1.29, 1.82) is 0 Å². The van der Waals surface area contributed by atoms with Crippen LogP contribution in [0.15, 0.2) is 18.2 Å². The van der Waals surface area contributed by atoms with E-state index < -0.39 is 0 Å². The summed E-state index contributed by atoms with van der Waals surface area (Å²) in [5, 5.41) is 0.845. The Bertz CT molecular complexity index is 408. The first kappa shape index (κ1) is 13.7. The molecule has 0 aliphatic carbocycles. The van der Waals surface area contributed by atoms with E-state index in [9.17, 15) is 0 Å². The molecule has 0 saturated carbocycles. The molecule has 1 aliphatic heterocycles. The maximum atomic E-state index is 6.40. The smallest absolute Gasteiger partial charge is 0.0642 e. The highest BCUT2D eigenvalue weighted by Crippen LogP contribution is 2.29. The molecule has 100 valence electrons. The molecule has 2 rings (SSSR count). The van der Waals surface area contributed by atoms with E-state index in [4.69, 9.17) is 17.3 Å². The Balaban J connectivity index is 2.17. The molecule has 3 nitrogen and oxygen atoms in total. The third-order valence-electron chi connectivity index (χ3n) is 3.59. The minimum atomic E-state index is 0.501. The van der Waals surface area contributed by atoms with Gasteiger partial charge in [0, 0.05) is 25.7 Å². The highest BCUT2D eigenvalue weighted by molar-refractivity contribution is 6.33. The molecule has 1 fully saturated rings. The van der Waals surface area contributed by atoms with Crippen molar-refractivity contribution >= 4 is 17.3 Å². The van der Waals surface area contributed by atoms with Crippen LogP contribution in [0.4, 0.5) is 5.69 Å². The average Bonchev–Trinajstić information content (AvgIpc) is 2.31. The van der Waals surface area contributed by atoms with E-state index in [1.54, 1.807) is 0 Å². The molecule has 1 heterocycles. The van der Waals surface area contributed by atoms with Gasteiger partial charge in [0.1, 0.15) is 0 Å². The van der Waals surface area contributed by atoms with Crippen LogP contribution >= 0.6 is 11.6 Å². The quantitative estimate of drug-likeness (QED) is 0.909. The number of hydrogen-bond donors (Lipinski definition) is 1. The molecule has 1 unspecified atom stereocenters. The summed E-state index contributed by atoms with van der Waals surface area (Å²) in [5.74, 6) is 0. The fourth-order valence-electron chi connectivity index (χ4n) is 2.60. The standard InChI is InChI=1S/C14H22ClN3/c1-11-10-17(2)7-8-18(11)14-4-3-12(5-6-16)9-13(14)15/h3-4,9,11H,5-8,10,16H2,1-2H3.